The standard InChI is InChI=1S/C22H33N5O4S/c1-14(2)19-20-18(27(22(19)29)32(5,30)31)8-11-26(20)21(28)17-12-16(24(4)23-17)13-25-9-6-15(3)7-10-25/h8,12,14-15,19-20H,6-7,9-11,13H2,1-5H3/t19-,20+/m1/s1. The number of hydrogen-bond acceptors (Lipinski definition) is 6. The van der Waals surface area contributed by atoms with Gasteiger partial charge in [-0.3, -0.25) is 19.2 Å². The second kappa shape index (κ2) is 8.30. The van der Waals surface area contributed by atoms with Gasteiger partial charge in [0.15, 0.2) is 5.69 Å². The van der Waals surface area contributed by atoms with E-state index in [2.05, 4.69) is 16.9 Å². The first-order chi connectivity index (χ1) is 15.0. The SMILES string of the molecule is CC1CCN(Cc2cc(C(=O)N3CC=C4[C@H]3[C@@H](C(C)C)C(=O)N4S(C)(=O)=O)nn2C)CC1. The molecule has 9 nitrogen and oxygen atoms in total. The van der Waals surface area contributed by atoms with E-state index in [1.165, 1.54) is 12.8 Å². The van der Waals surface area contributed by atoms with Crippen LogP contribution in [0.3, 0.4) is 0 Å². The number of sulfonamides is 1. The fourth-order valence-corrected chi connectivity index (χ4v) is 6.15. The molecule has 0 saturated carbocycles. The number of carbonyl (C=O) groups excluding carboxylic acids is 2. The van der Waals surface area contributed by atoms with Gasteiger partial charge in [0, 0.05) is 20.1 Å². The van der Waals surface area contributed by atoms with Gasteiger partial charge in [-0.05, 0) is 49.9 Å². The van der Waals surface area contributed by atoms with Crippen LogP contribution in [-0.2, 0) is 28.4 Å². The lowest BCUT2D eigenvalue weighted by Gasteiger charge is -2.29. The Morgan fingerprint density at radius 1 is 1.25 bits per heavy atom. The summed E-state index contributed by atoms with van der Waals surface area (Å²) in [6, 6.07) is 1.24. The van der Waals surface area contributed by atoms with Crippen molar-refractivity contribution < 1.29 is 18.0 Å². The second-order valence-electron chi connectivity index (χ2n) is 9.77. The molecule has 0 spiro atoms. The molecule has 3 aliphatic rings. The smallest absolute Gasteiger partial charge is 0.275 e. The van der Waals surface area contributed by atoms with Crippen LogP contribution in [0.25, 0.3) is 0 Å². The molecule has 0 unspecified atom stereocenters. The summed E-state index contributed by atoms with van der Waals surface area (Å²) in [5, 5.41) is 4.47. The molecule has 0 bridgehead atoms. The molecule has 0 aliphatic carbocycles. The van der Waals surface area contributed by atoms with E-state index in [0.717, 1.165) is 41.8 Å². The molecule has 176 valence electrons. The summed E-state index contributed by atoms with van der Waals surface area (Å²) in [7, 11) is -1.92. The van der Waals surface area contributed by atoms with Crippen molar-refractivity contribution in [2.24, 2.45) is 24.8 Å². The number of piperidine rings is 1. The van der Waals surface area contributed by atoms with Crippen molar-refractivity contribution in [2.45, 2.75) is 46.2 Å². The van der Waals surface area contributed by atoms with Crippen molar-refractivity contribution in [3.63, 3.8) is 0 Å². The predicted octanol–water partition coefficient (Wildman–Crippen LogP) is 1.43. The number of amides is 2. The fraction of sp³-hybridized carbons (Fsp3) is 0.682. The summed E-state index contributed by atoms with van der Waals surface area (Å²) in [6.45, 7) is 9.12. The van der Waals surface area contributed by atoms with E-state index >= 15 is 0 Å². The molecule has 32 heavy (non-hydrogen) atoms. The Morgan fingerprint density at radius 2 is 1.91 bits per heavy atom. The zero-order valence-electron chi connectivity index (χ0n) is 19.5. The normalized spacial score (nSPS) is 25.1. The lowest BCUT2D eigenvalue weighted by atomic mass is 9.89. The topological polar surface area (TPSA) is 95.8 Å². The van der Waals surface area contributed by atoms with Gasteiger partial charge in [0.25, 0.3) is 5.91 Å². The van der Waals surface area contributed by atoms with Gasteiger partial charge in [-0.1, -0.05) is 20.8 Å². The lowest BCUT2D eigenvalue weighted by molar-refractivity contribution is -0.128. The molecule has 4 heterocycles. The van der Waals surface area contributed by atoms with Crippen molar-refractivity contribution in [1.29, 1.82) is 0 Å². The highest BCUT2D eigenvalue weighted by Gasteiger charge is 2.55. The fourth-order valence-electron chi connectivity index (χ4n) is 5.13. The number of hydrogen-bond donors (Lipinski definition) is 0. The maximum atomic E-state index is 13.4. The quantitative estimate of drug-likeness (QED) is 0.656. The van der Waals surface area contributed by atoms with E-state index in [1.807, 2.05) is 27.0 Å². The van der Waals surface area contributed by atoms with Crippen LogP contribution >= 0.6 is 0 Å². The molecule has 3 aliphatic heterocycles. The van der Waals surface area contributed by atoms with Gasteiger partial charge in [0.2, 0.25) is 15.9 Å². The third-order valence-electron chi connectivity index (χ3n) is 6.96. The predicted molar refractivity (Wildman–Crippen MR) is 120 cm³/mol. The molecule has 2 atom stereocenters. The highest BCUT2D eigenvalue weighted by Crippen LogP contribution is 2.41. The summed E-state index contributed by atoms with van der Waals surface area (Å²) < 4.78 is 27.2. The van der Waals surface area contributed by atoms with Crippen LogP contribution in [-0.4, -0.2) is 76.0 Å². The monoisotopic (exact) mass is 463 g/mol. The number of likely N-dealkylation sites (tertiary alicyclic amines) is 1. The van der Waals surface area contributed by atoms with Gasteiger partial charge in [-0.25, -0.2) is 12.7 Å². The van der Waals surface area contributed by atoms with Gasteiger partial charge in [0.05, 0.1) is 29.6 Å². The van der Waals surface area contributed by atoms with Gasteiger partial charge < -0.3 is 4.90 Å². The first kappa shape index (κ1) is 23.0. The van der Waals surface area contributed by atoms with Crippen molar-refractivity contribution >= 4 is 21.8 Å². The van der Waals surface area contributed by atoms with E-state index < -0.39 is 27.9 Å². The van der Waals surface area contributed by atoms with E-state index in [9.17, 15) is 18.0 Å². The minimum absolute atomic E-state index is 0.114. The number of aryl methyl sites for hydroxylation is 1. The summed E-state index contributed by atoms with van der Waals surface area (Å²) >= 11 is 0. The number of nitrogens with zero attached hydrogens (tertiary/aromatic N) is 5. The molecule has 10 heteroatoms. The van der Waals surface area contributed by atoms with Gasteiger partial charge in [-0.15, -0.1) is 0 Å². The molecule has 0 N–H and O–H groups in total. The van der Waals surface area contributed by atoms with Crippen molar-refractivity contribution in [1.82, 2.24) is 23.9 Å². The maximum Gasteiger partial charge on any atom is 0.275 e. The maximum absolute atomic E-state index is 13.4. The third-order valence-corrected chi connectivity index (χ3v) is 8.02. The zero-order valence-corrected chi connectivity index (χ0v) is 20.3. The van der Waals surface area contributed by atoms with Gasteiger partial charge in [0.1, 0.15) is 0 Å². The molecule has 0 radical (unpaired) electrons. The second-order valence-corrected chi connectivity index (χ2v) is 11.6. The molecule has 2 fully saturated rings. The van der Waals surface area contributed by atoms with E-state index in [4.69, 9.17) is 0 Å². The minimum atomic E-state index is -3.76. The molecule has 1 aromatic heterocycles. The van der Waals surface area contributed by atoms with Gasteiger partial charge in [-0.2, -0.15) is 5.10 Å². The first-order valence-corrected chi connectivity index (χ1v) is 13.1. The first-order valence-electron chi connectivity index (χ1n) is 11.3. The molecular weight excluding hydrogens is 430 g/mol. The summed E-state index contributed by atoms with van der Waals surface area (Å²) in [5.41, 5.74) is 1.69. The number of fused-ring (bicyclic) bond motifs is 1. The number of aromatic nitrogens is 2. The Morgan fingerprint density at radius 3 is 2.50 bits per heavy atom. The van der Waals surface area contributed by atoms with Crippen LogP contribution in [0, 0.1) is 17.8 Å². The molecular formula is C22H33N5O4S. The zero-order chi connectivity index (χ0) is 23.4. The van der Waals surface area contributed by atoms with Crippen LogP contribution < -0.4 is 0 Å². The van der Waals surface area contributed by atoms with Crippen LogP contribution in [0.5, 0.6) is 0 Å². The van der Waals surface area contributed by atoms with Crippen LogP contribution in [0.2, 0.25) is 0 Å². The number of carbonyl (C=O) groups is 2. The molecule has 0 aromatic carbocycles. The van der Waals surface area contributed by atoms with E-state index in [1.54, 1.807) is 15.7 Å². The summed E-state index contributed by atoms with van der Waals surface area (Å²) in [5.74, 6) is -0.694. The third kappa shape index (κ3) is 3.98. The van der Waals surface area contributed by atoms with Crippen molar-refractivity contribution in [2.75, 3.05) is 25.9 Å². The van der Waals surface area contributed by atoms with Crippen LogP contribution in [0.15, 0.2) is 17.8 Å². The Labute approximate surface area is 190 Å². The molecule has 4 rings (SSSR count). The Balaban J connectivity index is 1.56. The van der Waals surface area contributed by atoms with Crippen molar-refractivity contribution in [3.05, 3.63) is 29.2 Å². The highest BCUT2D eigenvalue weighted by molar-refractivity contribution is 7.89. The Bertz CT molecular complexity index is 1050. The molecule has 1 aromatic rings. The average Bonchev–Trinajstić information content (AvgIpc) is 3.34. The Hall–Kier alpha value is -2.20. The van der Waals surface area contributed by atoms with Crippen LogP contribution in [0.1, 0.15) is 49.8 Å². The van der Waals surface area contributed by atoms with Gasteiger partial charge >= 0.3 is 0 Å². The summed E-state index contributed by atoms with van der Waals surface area (Å²) in [4.78, 5) is 30.4. The molecule has 2 amide bonds. The average molecular weight is 464 g/mol. The minimum Gasteiger partial charge on any atom is -0.324 e. The summed E-state index contributed by atoms with van der Waals surface area (Å²) in [6.07, 6.45) is 5.06. The largest absolute Gasteiger partial charge is 0.324 e. The van der Waals surface area contributed by atoms with E-state index in [0.29, 0.717) is 11.4 Å². The number of rotatable bonds is 5. The Kier molecular flexibility index (Phi) is 5.96. The lowest BCUT2D eigenvalue weighted by Crippen LogP contribution is -2.43. The molecule has 2 saturated heterocycles. The highest BCUT2D eigenvalue weighted by atomic mass is 32.2. The van der Waals surface area contributed by atoms with Crippen LogP contribution in [0.4, 0.5) is 0 Å². The van der Waals surface area contributed by atoms with Crippen molar-refractivity contribution in [3.8, 4) is 0 Å². The van der Waals surface area contributed by atoms with E-state index in [-0.39, 0.29) is 18.4 Å².